The minimum Gasteiger partial charge on any atom is -0.493 e. The molecule has 1 heterocycles. The van der Waals surface area contributed by atoms with E-state index in [0.717, 1.165) is 11.3 Å². The van der Waals surface area contributed by atoms with Gasteiger partial charge in [0.25, 0.3) is 0 Å². The van der Waals surface area contributed by atoms with E-state index in [1.165, 1.54) is 0 Å². The number of nitrogens with two attached hydrogens (primary N) is 1. The predicted molar refractivity (Wildman–Crippen MR) is 64.3 cm³/mol. The molecule has 4 nitrogen and oxygen atoms in total. The fraction of sp³-hybridized carbons (Fsp3) is 0.231. The second-order valence-corrected chi connectivity index (χ2v) is 3.61. The predicted octanol–water partition coefficient (Wildman–Crippen LogP) is 2.34. The Morgan fingerprint density at radius 2 is 1.88 bits per heavy atom. The van der Waals surface area contributed by atoms with Gasteiger partial charge in [-0.15, -0.1) is 0 Å². The molecule has 2 N–H and O–H groups in total. The summed E-state index contributed by atoms with van der Waals surface area (Å²) in [7, 11) is 3.20. The van der Waals surface area contributed by atoms with Crippen molar-refractivity contribution in [2.45, 2.75) is 6.04 Å². The van der Waals surface area contributed by atoms with E-state index in [4.69, 9.17) is 19.6 Å². The smallest absolute Gasteiger partial charge is 0.161 e. The lowest BCUT2D eigenvalue weighted by atomic mass is 10.0. The average Bonchev–Trinajstić information content (AvgIpc) is 2.90. The van der Waals surface area contributed by atoms with Gasteiger partial charge in [0, 0.05) is 0 Å². The molecule has 4 heteroatoms. The highest BCUT2D eigenvalue weighted by Gasteiger charge is 2.14. The highest BCUT2D eigenvalue weighted by Crippen LogP contribution is 2.31. The van der Waals surface area contributed by atoms with Gasteiger partial charge in [-0.3, -0.25) is 0 Å². The largest absolute Gasteiger partial charge is 0.493 e. The van der Waals surface area contributed by atoms with Gasteiger partial charge in [-0.05, 0) is 29.8 Å². The first-order chi connectivity index (χ1) is 8.26. The Morgan fingerprint density at radius 3 is 2.47 bits per heavy atom. The molecule has 17 heavy (non-hydrogen) atoms. The third kappa shape index (κ3) is 2.26. The molecule has 1 aromatic carbocycles. The zero-order valence-electron chi connectivity index (χ0n) is 9.84. The minimum absolute atomic E-state index is 0.301. The summed E-state index contributed by atoms with van der Waals surface area (Å²) in [5, 5.41) is 0. The van der Waals surface area contributed by atoms with E-state index in [9.17, 15) is 0 Å². The van der Waals surface area contributed by atoms with Gasteiger partial charge in [0.2, 0.25) is 0 Å². The van der Waals surface area contributed by atoms with Crippen LogP contribution in [0.2, 0.25) is 0 Å². The lowest BCUT2D eigenvalue weighted by Crippen LogP contribution is -2.11. The first kappa shape index (κ1) is 11.5. The van der Waals surface area contributed by atoms with E-state index >= 15 is 0 Å². The second kappa shape index (κ2) is 4.93. The Labute approximate surface area is 99.9 Å². The molecule has 0 aliphatic heterocycles. The summed E-state index contributed by atoms with van der Waals surface area (Å²) in [5.41, 5.74) is 7.00. The van der Waals surface area contributed by atoms with Crippen LogP contribution < -0.4 is 15.2 Å². The van der Waals surface area contributed by atoms with Gasteiger partial charge in [0.05, 0.1) is 26.5 Å². The van der Waals surface area contributed by atoms with Crippen molar-refractivity contribution in [2.24, 2.45) is 5.73 Å². The standard InChI is InChI=1S/C13H15NO3/c1-15-10-6-5-9(8-12(10)16-2)13(14)11-4-3-7-17-11/h3-8,13H,14H2,1-2H3/t13-/m0/s1. The number of rotatable bonds is 4. The van der Waals surface area contributed by atoms with Gasteiger partial charge in [-0.25, -0.2) is 0 Å². The van der Waals surface area contributed by atoms with Crippen molar-refractivity contribution < 1.29 is 13.9 Å². The maximum atomic E-state index is 6.09. The van der Waals surface area contributed by atoms with Crippen LogP contribution in [-0.4, -0.2) is 14.2 Å². The molecule has 0 aliphatic carbocycles. The average molecular weight is 233 g/mol. The van der Waals surface area contributed by atoms with Crippen LogP contribution in [0.1, 0.15) is 17.4 Å². The summed E-state index contributed by atoms with van der Waals surface area (Å²) in [4.78, 5) is 0. The molecule has 0 saturated heterocycles. The van der Waals surface area contributed by atoms with Crippen LogP contribution in [0.4, 0.5) is 0 Å². The molecule has 0 amide bonds. The number of methoxy groups -OCH3 is 2. The van der Waals surface area contributed by atoms with Gasteiger partial charge in [0.1, 0.15) is 5.76 Å². The number of hydrogen-bond acceptors (Lipinski definition) is 4. The second-order valence-electron chi connectivity index (χ2n) is 3.61. The molecule has 0 saturated carbocycles. The van der Waals surface area contributed by atoms with E-state index < -0.39 is 0 Å². The third-order valence-electron chi connectivity index (χ3n) is 2.62. The summed E-state index contributed by atoms with van der Waals surface area (Å²) >= 11 is 0. The molecule has 0 aliphatic rings. The Hall–Kier alpha value is -1.94. The van der Waals surface area contributed by atoms with E-state index in [0.29, 0.717) is 11.5 Å². The van der Waals surface area contributed by atoms with Crippen molar-refractivity contribution in [2.75, 3.05) is 14.2 Å². The molecule has 0 bridgehead atoms. The van der Waals surface area contributed by atoms with Crippen molar-refractivity contribution in [1.29, 1.82) is 0 Å². The van der Waals surface area contributed by atoms with E-state index in [1.54, 1.807) is 20.5 Å². The molecule has 0 radical (unpaired) electrons. The monoisotopic (exact) mass is 233 g/mol. The molecule has 0 unspecified atom stereocenters. The zero-order chi connectivity index (χ0) is 12.3. The molecule has 2 aromatic rings. The van der Waals surface area contributed by atoms with Crippen LogP contribution in [0.5, 0.6) is 11.5 Å². The molecule has 1 atom stereocenters. The van der Waals surface area contributed by atoms with Crippen LogP contribution in [0.15, 0.2) is 41.0 Å². The normalized spacial score (nSPS) is 12.2. The molecular formula is C13H15NO3. The molecule has 2 rings (SSSR count). The number of benzene rings is 1. The Morgan fingerprint density at radius 1 is 1.12 bits per heavy atom. The number of furan rings is 1. The fourth-order valence-electron chi connectivity index (χ4n) is 1.68. The van der Waals surface area contributed by atoms with Gasteiger partial charge in [-0.2, -0.15) is 0 Å². The van der Waals surface area contributed by atoms with Gasteiger partial charge >= 0.3 is 0 Å². The van der Waals surface area contributed by atoms with Gasteiger partial charge in [-0.1, -0.05) is 6.07 Å². The summed E-state index contributed by atoms with van der Waals surface area (Å²) < 4.78 is 15.7. The zero-order valence-corrected chi connectivity index (χ0v) is 9.84. The van der Waals surface area contributed by atoms with E-state index in [1.807, 2.05) is 30.3 Å². The van der Waals surface area contributed by atoms with Crippen LogP contribution >= 0.6 is 0 Å². The van der Waals surface area contributed by atoms with E-state index in [-0.39, 0.29) is 6.04 Å². The van der Waals surface area contributed by atoms with Crippen LogP contribution in [-0.2, 0) is 0 Å². The van der Waals surface area contributed by atoms with E-state index in [2.05, 4.69) is 0 Å². The first-order valence-electron chi connectivity index (χ1n) is 5.27. The van der Waals surface area contributed by atoms with Crippen molar-refractivity contribution >= 4 is 0 Å². The van der Waals surface area contributed by atoms with Crippen molar-refractivity contribution in [3.05, 3.63) is 47.9 Å². The SMILES string of the molecule is COc1ccc([C@H](N)c2ccco2)cc1OC. The van der Waals surface area contributed by atoms with Crippen molar-refractivity contribution in [3.63, 3.8) is 0 Å². The number of ether oxygens (including phenoxy) is 2. The van der Waals surface area contributed by atoms with Gasteiger partial charge in [0.15, 0.2) is 11.5 Å². The Balaban J connectivity index is 2.33. The van der Waals surface area contributed by atoms with Crippen molar-refractivity contribution in [3.8, 4) is 11.5 Å². The molecule has 90 valence electrons. The van der Waals surface area contributed by atoms with Crippen LogP contribution in [0, 0.1) is 0 Å². The summed E-state index contributed by atoms with van der Waals surface area (Å²) in [6, 6.07) is 8.94. The molecule has 0 fully saturated rings. The summed E-state index contributed by atoms with van der Waals surface area (Å²) in [6.07, 6.45) is 1.61. The summed E-state index contributed by atoms with van der Waals surface area (Å²) in [5.74, 6) is 2.06. The maximum absolute atomic E-state index is 6.09. The quantitative estimate of drug-likeness (QED) is 0.880. The topological polar surface area (TPSA) is 57.6 Å². The van der Waals surface area contributed by atoms with Gasteiger partial charge < -0.3 is 19.6 Å². The highest BCUT2D eigenvalue weighted by atomic mass is 16.5. The Kier molecular flexibility index (Phi) is 3.35. The minimum atomic E-state index is -0.301. The first-order valence-corrected chi connectivity index (χ1v) is 5.27. The lowest BCUT2D eigenvalue weighted by molar-refractivity contribution is 0.354. The highest BCUT2D eigenvalue weighted by molar-refractivity contribution is 5.44. The summed E-state index contributed by atoms with van der Waals surface area (Å²) in [6.45, 7) is 0. The molecular weight excluding hydrogens is 218 g/mol. The fourth-order valence-corrected chi connectivity index (χ4v) is 1.68. The van der Waals surface area contributed by atoms with Crippen LogP contribution in [0.3, 0.4) is 0 Å². The number of hydrogen-bond donors (Lipinski definition) is 1. The van der Waals surface area contributed by atoms with Crippen molar-refractivity contribution in [1.82, 2.24) is 0 Å². The van der Waals surface area contributed by atoms with Crippen LogP contribution in [0.25, 0.3) is 0 Å². The maximum Gasteiger partial charge on any atom is 0.161 e. The lowest BCUT2D eigenvalue weighted by Gasteiger charge is -2.13. The Bertz CT molecular complexity index is 479. The molecule has 0 spiro atoms. The molecule has 1 aromatic heterocycles. The third-order valence-corrected chi connectivity index (χ3v) is 2.62.